The third-order valence-electron chi connectivity index (χ3n) is 5.52. The van der Waals surface area contributed by atoms with Crippen molar-refractivity contribution in [3.8, 4) is 17.2 Å². The van der Waals surface area contributed by atoms with Crippen molar-refractivity contribution in [1.29, 1.82) is 0 Å². The Hall–Kier alpha value is -2.91. The fraction of sp³-hybridized carbons (Fsp3) is 0.304. The second kappa shape index (κ2) is 9.30. The van der Waals surface area contributed by atoms with Crippen LogP contribution in [-0.4, -0.2) is 37.5 Å². The van der Waals surface area contributed by atoms with Crippen LogP contribution in [0.3, 0.4) is 0 Å². The fourth-order valence-corrected chi connectivity index (χ4v) is 6.42. The van der Waals surface area contributed by atoms with E-state index in [9.17, 15) is 9.59 Å². The lowest BCUT2D eigenvalue weighted by molar-refractivity contribution is -0.120. The molecule has 2 N–H and O–H groups in total. The number of hydrogen-bond donors (Lipinski definition) is 2. The van der Waals surface area contributed by atoms with Crippen molar-refractivity contribution < 1.29 is 19.0 Å². The zero-order valence-electron chi connectivity index (χ0n) is 18.1. The molecule has 0 fully saturated rings. The number of aromatic nitrogens is 1. The minimum Gasteiger partial charge on any atom is -0.497 e. The van der Waals surface area contributed by atoms with E-state index in [4.69, 9.17) is 14.2 Å². The topological polar surface area (TPSA) is 89.7 Å². The molecule has 0 bridgehead atoms. The highest BCUT2D eigenvalue weighted by molar-refractivity contribution is 8.00. The first-order chi connectivity index (χ1) is 15.4. The first-order valence-corrected chi connectivity index (χ1v) is 11.7. The number of benzene rings is 2. The normalized spacial score (nSPS) is 19.7. The minimum atomic E-state index is -0.404. The number of aromatic amines is 1. The average Bonchev–Trinajstić information content (AvgIpc) is 3.17. The SMILES string of the molecule is COc1ccc(NC(=O)[C@H]2[C@@H](c3ccc(OC)c(OC)c3)c3sc(=O)[nH]c3S[C@@H]2C)cc1. The van der Waals surface area contributed by atoms with Crippen LogP contribution < -0.4 is 24.4 Å². The van der Waals surface area contributed by atoms with Crippen molar-refractivity contribution in [3.05, 3.63) is 62.6 Å². The summed E-state index contributed by atoms with van der Waals surface area (Å²) in [5.41, 5.74) is 1.58. The van der Waals surface area contributed by atoms with E-state index in [0.717, 1.165) is 32.6 Å². The van der Waals surface area contributed by atoms with Gasteiger partial charge in [-0.25, -0.2) is 0 Å². The molecule has 0 saturated carbocycles. The highest BCUT2D eigenvalue weighted by Crippen LogP contribution is 2.50. The van der Waals surface area contributed by atoms with Crippen molar-refractivity contribution in [2.24, 2.45) is 5.92 Å². The number of ether oxygens (including phenoxy) is 3. The Bertz CT molecular complexity index is 1170. The monoisotopic (exact) mass is 472 g/mol. The summed E-state index contributed by atoms with van der Waals surface area (Å²) >= 11 is 2.67. The zero-order valence-corrected chi connectivity index (χ0v) is 19.8. The molecule has 1 aromatic heterocycles. The van der Waals surface area contributed by atoms with Crippen molar-refractivity contribution in [2.45, 2.75) is 23.1 Å². The third-order valence-corrected chi connectivity index (χ3v) is 7.84. The van der Waals surface area contributed by atoms with Crippen LogP contribution in [0.5, 0.6) is 17.2 Å². The average molecular weight is 473 g/mol. The van der Waals surface area contributed by atoms with Crippen molar-refractivity contribution in [2.75, 3.05) is 26.6 Å². The van der Waals surface area contributed by atoms with Gasteiger partial charge in [0.25, 0.3) is 0 Å². The highest BCUT2D eigenvalue weighted by Gasteiger charge is 2.42. The van der Waals surface area contributed by atoms with Crippen LogP contribution in [0.2, 0.25) is 0 Å². The number of rotatable bonds is 6. The van der Waals surface area contributed by atoms with Crippen LogP contribution in [-0.2, 0) is 4.79 Å². The minimum absolute atomic E-state index is 0.0657. The summed E-state index contributed by atoms with van der Waals surface area (Å²) in [6.45, 7) is 2.01. The van der Waals surface area contributed by atoms with E-state index in [2.05, 4.69) is 10.3 Å². The second-order valence-corrected chi connectivity index (χ2v) is 9.77. The fourth-order valence-electron chi connectivity index (χ4n) is 3.98. The van der Waals surface area contributed by atoms with Gasteiger partial charge in [-0.05, 0) is 42.0 Å². The van der Waals surface area contributed by atoms with E-state index in [1.165, 1.54) is 11.8 Å². The van der Waals surface area contributed by atoms with Gasteiger partial charge in [0.2, 0.25) is 5.91 Å². The van der Waals surface area contributed by atoms with E-state index < -0.39 is 5.92 Å². The second-order valence-electron chi connectivity index (χ2n) is 7.37. The molecular formula is C23H24N2O5S2. The first-order valence-electron chi connectivity index (χ1n) is 10.0. The van der Waals surface area contributed by atoms with Crippen LogP contribution in [0.15, 0.2) is 52.3 Å². The molecule has 1 aliphatic rings. The summed E-state index contributed by atoms with van der Waals surface area (Å²) < 4.78 is 16.1. The van der Waals surface area contributed by atoms with Crippen LogP contribution >= 0.6 is 23.1 Å². The molecular weight excluding hydrogens is 448 g/mol. The van der Waals surface area contributed by atoms with Crippen molar-refractivity contribution in [3.63, 3.8) is 0 Å². The molecule has 168 valence electrons. The van der Waals surface area contributed by atoms with Gasteiger partial charge in [-0.1, -0.05) is 24.3 Å². The number of carbonyl (C=O) groups is 1. The van der Waals surface area contributed by atoms with E-state index >= 15 is 0 Å². The predicted octanol–water partition coefficient (Wildman–Crippen LogP) is 4.34. The molecule has 3 aromatic rings. The van der Waals surface area contributed by atoms with Gasteiger partial charge in [-0.2, -0.15) is 0 Å². The number of nitrogens with one attached hydrogen (secondary N) is 2. The van der Waals surface area contributed by atoms with E-state index in [1.807, 2.05) is 37.3 Å². The van der Waals surface area contributed by atoms with Gasteiger partial charge in [0, 0.05) is 21.7 Å². The number of methoxy groups -OCH3 is 3. The smallest absolute Gasteiger partial charge is 0.305 e. The summed E-state index contributed by atoms with van der Waals surface area (Å²) in [6.07, 6.45) is 0. The Morgan fingerprint density at radius 2 is 1.72 bits per heavy atom. The number of amides is 1. The number of anilines is 1. The Labute approximate surface area is 194 Å². The molecule has 7 nitrogen and oxygen atoms in total. The maximum Gasteiger partial charge on any atom is 0.305 e. The first kappa shape index (κ1) is 22.3. The third kappa shape index (κ3) is 4.22. The van der Waals surface area contributed by atoms with E-state index in [0.29, 0.717) is 17.2 Å². The molecule has 0 unspecified atom stereocenters. The predicted molar refractivity (Wildman–Crippen MR) is 127 cm³/mol. The standard InChI is InChI=1S/C23H24N2O5S2/c1-12-18(21(26)24-14-6-8-15(28-2)9-7-14)19(20-22(31-12)25-23(27)32-20)13-5-10-16(29-3)17(11-13)30-4/h5-12,18-19H,1-4H3,(H,24,26)(H,25,27)/t12-,18-,19-/m1/s1. The van der Waals surface area contributed by atoms with Gasteiger partial charge in [0.1, 0.15) is 5.75 Å². The number of H-pyrrole nitrogens is 1. The molecule has 1 aliphatic heterocycles. The quantitative estimate of drug-likeness (QED) is 0.555. The molecule has 0 saturated heterocycles. The van der Waals surface area contributed by atoms with Crippen LogP contribution in [0.4, 0.5) is 5.69 Å². The molecule has 0 radical (unpaired) electrons. The van der Waals surface area contributed by atoms with Gasteiger partial charge < -0.3 is 24.5 Å². The molecule has 32 heavy (non-hydrogen) atoms. The molecule has 9 heteroatoms. The molecule has 3 atom stereocenters. The zero-order chi connectivity index (χ0) is 22.8. The number of thiazole rings is 1. The lowest BCUT2D eigenvalue weighted by Crippen LogP contribution is -2.37. The number of carbonyl (C=O) groups excluding carboxylic acids is 1. The Balaban J connectivity index is 1.75. The molecule has 2 aromatic carbocycles. The van der Waals surface area contributed by atoms with Crippen LogP contribution in [0.1, 0.15) is 23.3 Å². The largest absolute Gasteiger partial charge is 0.497 e. The summed E-state index contributed by atoms with van der Waals surface area (Å²) in [5, 5.41) is 3.79. The lowest BCUT2D eigenvalue weighted by atomic mass is 9.81. The molecule has 0 spiro atoms. The van der Waals surface area contributed by atoms with Gasteiger partial charge >= 0.3 is 4.87 Å². The summed E-state index contributed by atoms with van der Waals surface area (Å²) in [4.78, 5) is 29.4. The number of thioether (sulfide) groups is 1. The molecule has 0 aliphatic carbocycles. The Morgan fingerprint density at radius 1 is 1.00 bits per heavy atom. The summed E-state index contributed by atoms with van der Waals surface area (Å²) in [6, 6.07) is 12.9. The number of fused-ring (bicyclic) bond motifs is 1. The highest BCUT2D eigenvalue weighted by atomic mass is 32.2. The Kier molecular flexibility index (Phi) is 6.48. The molecule has 1 amide bonds. The molecule has 2 heterocycles. The maximum absolute atomic E-state index is 13.5. The van der Waals surface area contributed by atoms with Gasteiger partial charge in [-0.15, -0.1) is 11.8 Å². The van der Waals surface area contributed by atoms with Crippen molar-refractivity contribution >= 4 is 34.7 Å². The van der Waals surface area contributed by atoms with Crippen LogP contribution in [0, 0.1) is 5.92 Å². The van der Waals surface area contributed by atoms with Gasteiger partial charge in [0.15, 0.2) is 11.5 Å². The van der Waals surface area contributed by atoms with E-state index in [-0.39, 0.29) is 21.9 Å². The maximum atomic E-state index is 13.5. The summed E-state index contributed by atoms with van der Waals surface area (Å²) in [5.74, 6) is 1.09. The lowest BCUT2D eigenvalue weighted by Gasteiger charge is -2.35. The molecule has 4 rings (SSSR count). The number of hydrogen-bond acceptors (Lipinski definition) is 7. The van der Waals surface area contributed by atoms with Gasteiger partial charge in [-0.3, -0.25) is 9.59 Å². The Morgan fingerprint density at radius 3 is 2.38 bits per heavy atom. The van der Waals surface area contributed by atoms with E-state index in [1.54, 1.807) is 33.5 Å². The van der Waals surface area contributed by atoms with Crippen molar-refractivity contribution in [1.82, 2.24) is 4.98 Å². The van der Waals surface area contributed by atoms with Crippen LogP contribution in [0.25, 0.3) is 0 Å². The van der Waals surface area contributed by atoms with Gasteiger partial charge in [0.05, 0.1) is 32.3 Å². The summed E-state index contributed by atoms with van der Waals surface area (Å²) in [7, 11) is 4.76.